The number of allylic oxidation sites excluding steroid dienone is 1. The maximum atomic E-state index is 14.1. The first-order valence-electron chi connectivity index (χ1n) is 11.9. The molecule has 0 saturated heterocycles. The molecule has 36 heavy (non-hydrogen) atoms. The van der Waals surface area contributed by atoms with Crippen LogP contribution >= 0.6 is 11.6 Å². The molecule has 0 bridgehead atoms. The van der Waals surface area contributed by atoms with Crippen molar-refractivity contribution in [3.63, 3.8) is 0 Å². The molecule has 0 radical (unpaired) electrons. The Morgan fingerprint density at radius 1 is 0.889 bits per heavy atom. The van der Waals surface area contributed by atoms with E-state index in [-0.39, 0.29) is 17.6 Å². The molecule has 2 aliphatic rings. The average Bonchev–Trinajstić information content (AvgIpc) is 3.39. The first-order chi connectivity index (χ1) is 17.6. The van der Waals surface area contributed by atoms with Gasteiger partial charge in [0, 0.05) is 34.2 Å². The van der Waals surface area contributed by atoms with Crippen LogP contribution in [-0.4, -0.2) is 11.7 Å². The fraction of sp³-hybridized carbons (Fsp3) is 0.133. The minimum absolute atomic E-state index is 0.000662. The van der Waals surface area contributed by atoms with E-state index in [4.69, 9.17) is 16.0 Å². The number of fused-ring (bicyclic) bond motifs is 1. The lowest BCUT2D eigenvalue weighted by molar-refractivity contribution is -0.116. The van der Waals surface area contributed by atoms with Crippen molar-refractivity contribution in [1.29, 1.82) is 0 Å². The number of para-hydroxylation sites is 2. The number of furan rings is 1. The van der Waals surface area contributed by atoms with Gasteiger partial charge in [0.2, 0.25) is 0 Å². The van der Waals surface area contributed by atoms with Gasteiger partial charge in [0.15, 0.2) is 5.78 Å². The number of anilines is 2. The summed E-state index contributed by atoms with van der Waals surface area (Å²) in [5.41, 5.74) is 4.29. The zero-order valence-corrected chi connectivity index (χ0v) is 20.1. The molecule has 4 aromatic rings. The number of nitrogens with zero attached hydrogens (tertiary/aromatic N) is 1. The van der Waals surface area contributed by atoms with E-state index in [1.54, 1.807) is 35.4 Å². The standard InChI is InChI=1S/C30H23ClN2O3/c31-22-14-12-20(13-15-22)30(35)33-25-10-5-4-9-23(25)32-24-17-21(27-11-6-16-36-27)18-26(34)28(24)29(33)19-7-2-1-3-8-19/h1-16,21,29,32H,17-18H2/t21-,29+/m0/s1. The monoisotopic (exact) mass is 494 g/mol. The van der Waals surface area contributed by atoms with Crippen molar-refractivity contribution in [2.75, 3.05) is 10.2 Å². The molecule has 178 valence electrons. The number of hydrogen-bond acceptors (Lipinski definition) is 4. The highest BCUT2D eigenvalue weighted by molar-refractivity contribution is 6.30. The van der Waals surface area contributed by atoms with Crippen molar-refractivity contribution in [2.45, 2.75) is 24.8 Å². The second-order valence-electron chi connectivity index (χ2n) is 9.07. The molecular weight excluding hydrogens is 472 g/mol. The molecule has 2 atom stereocenters. The second kappa shape index (κ2) is 9.17. The van der Waals surface area contributed by atoms with Crippen LogP contribution in [0.15, 0.2) is 113 Å². The van der Waals surface area contributed by atoms with Crippen molar-refractivity contribution in [3.8, 4) is 0 Å². The fourth-order valence-corrected chi connectivity index (χ4v) is 5.35. The molecule has 6 rings (SSSR count). The van der Waals surface area contributed by atoms with Crippen LogP contribution < -0.4 is 10.2 Å². The maximum absolute atomic E-state index is 14.1. The van der Waals surface area contributed by atoms with Gasteiger partial charge in [0.25, 0.3) is 5.91 Å². The summed E-state index contributed by atoms with van der Waals surface area (Å²) in [6.45, 7) is 0. The van der Waals surface area contributed by atoms with Crippen LogP contribution in [-0.2, 0) is 4.79 Å². The first kappa shape index (κ1) is 22.4. The first-order valence-corrected chi connectivity index (χ1v) is 12.3. The SMILES string of the molecule is O=C1C[C@@H](c2ccco2)CC2=C1[C@@H](c1ccccc1)N(C(=O)c1ccc(Cl)cc1)c1ccccc1N2. The van der Waals surface area contributed by atoms with Crippen LogP contribution in [0.5, 0.6) is 0 Å². The van der Waals surface area contributed by atoms with E-state index < -0.39 is 6.04 Å². The van der Waals surface area contributed by atoms with Gasteiger partial charge in [-0.3, -0.25) is 14.5 Å². The molecule has 1 aliphatic heterocycles. The lowest BCUT2D eigenvalue weighted by atomic mass is 9.80. The van der Waals surface area contributed by atoms with E-state index >= 15 is 0 Å². The molecule has 6 heteroatoms. The number of nitrogens with one attached hydrogen (secondary N) is 1. The quantitative estimate of drug-likeness (QED) is 0.328. The van der Waals surface area contributed by atoms with Gasteiger partial charge in [-0.25, -0.2) is 0 Å². The normalized spacial score (nSPS) is 19.2. The van der Waals surface area contributed by atoms with Gasteiger partial charge >= 0.3 is 0 Å². The van der Waals surface area contributed by atoms with Gasteiger partial charge < -0.3 is 9.73 Å². The Bertz CT molecular complexity index is 1460. The van der Waals surface area contributed by atoms with E-state index in [1.165, 1.54) is 0 Å². The minimum atomic E-state index is -0.592. The van der Waals surface area contributed by atoms with Gasteiger partial charge in [-0.1, -0.05) is 54.1 Å². The number of ketones is 1. The second-order valence-corrected chi connectivity index (χ2v) is 9.51. The molecule has 0 unspecified atom stereocenters. The highest BCUT2D eigenvalue weighted by atomic mass is 35.5. The number of carbonyl (C=O) groups is 2. The molecule has 0 saturated carbocycles. The van der Waals surface area contributed by atoms with E-state index in [1.807, 2.05) is 66.7 Å². The molecule has 5 nitrogen and oxygen atoms in total. The third-order valence-electron chi connectivity index (χ3n) is 6.86. The lowest BCUT2D eigenvalue weighted by Crippen LogP contribution is -2.38. The van der Waals surface area contributed by atoms with E-state index in [2.05, 4.69) is 5.32 Å². The van der Waals surface area contributed by atoms with Crippen LogP contribution in [0.3, 0.4) is 0 Å². The molecular formula is C30H23ClN2O3. The summed E-state index contributed by atoms with van der Waals surface area (Å²) in [5.74, 6) is 0.519. The van der Waals surface area contributed by atoms with Crippen LogP contribution in [0.25, 0.3) is 0 Å². The van der Waals surface area contributed by atoms with E-state index in [0.717, 1.165) is 22.7 Å². The summed E-state index contributed by atoms with van der Waals surface area (Å²) in [7, 11) is 0. The maximum Gasteiger partial charge on any atom is 0.259 e. The van der Waals surface area contributed by atoms with Gasteiger partial charge in [0.1, 0.15) is 5.76 Å². The molecule has 2 heterocycles. The summed E-state index contributed by atoms with van der Waals surface area (Å²) in [6.07, 6.45) is 2.56. The number of amides is 1. The summed E-state index contributed by atoms with van der Waals surface area (Å²) in [6, 6.07) is 27.5. The number of rotatable bonds is 3. The zero-order chi connectivity index (χ0) is 24.6. The van der Waals surface area contributed by atoms with Crippen LogP contribution in [0.1, 0.15) is 46.5 Å². The van der Waals surface area contributed by atoms with Gasteiger partial charge in [-0.05, 0) is 60.5 Å². The number of halogens is 1. The van der Waals surface area contributed by atoms with Crippen molar-refractivity contribution in [1.82, 2.24) is 0 Å². The molecule has 1 N–H and O–H groups in total. The van der Waals surface area contributed by atoms with Gasteiger partial charge in [-0.2, -0.15) is 0 Å². The number of Topliss-reactive ketones (excluding diaryl/α,β-unsaturated/α-hetero) is 1. The van der Waals surface area contributed by atoms with Gasteiger partial charge in [-0.15, -0.1) is 0 Å². The Hall–Kier alpha value is -4.09. The molecule has 1 aromatic heterocycles. The highest BCUT2D eigenvalue weighted by Gasteiger charge is 2.42. The van der Waals surface area contributed by atoms with Crippen LogP contribution in [0, 0.1) is 0 Å². The lowest BCUT2D eigenvalue weighted by Gasteiger charge is -2.35. The number of hydrogen-bond donors (Lipinski definition) is 1. The smallest absolute Gasteiger partial charge is 0.259 e. The van der Waals surface area contributed by atoms with E-state index in [9.17, 15) is 9.59 Å². The molecule has 3 aromatic carbocycles. The largest absolute Gasteiger partial charge is 0.469 e. The minimum Gasteiger partial charge on any atom is -0.469 e. The Morgan fingerprint density at radius 3 is 2.39 bits per heavy atom. The fourth-order valence-electron chi connectivity index (χ4n) is 5.22. The summed E-state index contributed by atoms with van der Waals surface area (Å²) in [4.78, 5) is 29.8. The predicted molar refractivity (Wildman–Crippen MR) is 140 cm³/mol. The topological polar surface area (TPSA) is 62.6 Å². The predicted octanol–water partition coefficient (Wildman–Crippen LogP) is 7.15. The number of benzene rings is 3. The summed E-state index contributed by atoms with van der Waals surface area (Å²) in [5, 5.41) is 4.09. The number of carbonyl (C=O) groups excluding carboxylic acids is 2. The van der Waals surface area contributed by atoms with E-state index in [0.29, 0.717) is 34.7 Å². The van der Waals surface area contributed by atoms with Crippen molar-refractivity contribution >= 4 is 34.7 Å². The third-order valence-corrected chi connectivity index (χ3v) is 7.11. The average molecular weight is 495 g/mol. The van der Waals surface area contributed by atoms with Crippen LogP contribution in [0.4, 0.5) is 11.4 Å². The Balaban J connectivity index is 1.56. The molecule has 0 fully saturated rings. The summed E-state index contributed by atoms with van der Waals surface area (Å²) < 4.78 is 5.66. The Kier molecular flexibility index (Phi) is 5.70. The van der Waals surface area contributed by atoms with Crippen molar-refractivity contribution in [3.05, 3.63) is 130 Å². The Morgan fingerprint density at radius 2 is 1.64 bits per heavy atom. The summed E-state index contributed by atoms with van der Waals surface area (Å²) >= 11 is 6.11. The van der Waals surface area contributed by atoms with Gasteiger partial charge in [0.05, 0.1) is 23.7 Å². The van der Waals surface area contributed by atoms with Crippen LogP contribution in [0.2, 0.25) is 5.02 Å². The molecule has 1 amide bonds. The molecule has 0 spiro atoms. The Labute approximate surface area is 214 Å². The van der Waals surface area contributed by atoms with Crippen molar-refractivity contribution in [2.24, 2.45) is 0 Å². The van der Waals surface area contributed by atoms with Crippen molar-refractivity contribution < 1.29 is 14.0 Å². The highest BCUT2D eigenvalue weighted by Crippen LogP contribution is 2.47. The zero-order valence-electron chi connectivity index (χ0n) is 19.4. The molecule has 1 aliphatic carbocycles. The third kappa shape index (κ3) is 3.91.